The molecule has 1 fully saturated rings. The second kappa shape index (κ2) is 13.5. The van der Waals surface area contributed by atoms with E-state index in [4.69, 9.17) is 4.74 Å². The quantitative estimate of drug-likeness (QED) is 0.229. The third-order valence-electron chi connectivity index (χ3n) is 4.53. The van der Waals surface area contributed by atoms with Crippen LogP contribution in [0.1, 0.15) is 52.4 Å². The highest BCUT2D eigenvalue weighted by molar-refractivity contribution is 5.95. The van der Waals surface area contributed by atoms with Crippen molar-refractivity contribution in [2.45, 2.75) is 52.4 Å². The minimum Gasteiger partial charge on any atom is -0.378 e. The molecule has 0 spiro atoms. The Morgan fingerprint density at radius 2 is 1.85 bits per heavy atom. The maximum Gasteiger partial charge on any atom is 0.341 e. The molecule has 27 heavy (non-hydrogen) atoms. The van der Waals surface area contributed by atoms with Gasteiger partial charge in [-0.3, -0.25) is 14.8 Å². The summed E-state index contributed by atoms with van der Waals surface area (Å²) >= 11 is 0. The molecule has 1 rings (SSSR count). The van der Waals surface area contributed by atoms with Crippen LogP contribution in [0.25, 0.3) is 0 Å². The monoisotopic (exact) mass is 386 g/mol. The van der Waals surface area contributed by atoms with E-state index in [1.165, 1.54) is 0 Å². The fourth-order valence-electron chi connectivity index (χ4n) is 2.89. The van der Waals surface area contributed by atoms with Gasteiger partial charge in [0.25, 0.3) is 0 Å². The van der Waals surface area contributed by atoms with Crippen LogP contribution in [0.4, 0.5) is 4.79 Å². The minimum absolute atomic E-state index is 0.131. The van der Waals surface area contributed by atoms with Crippen LogP contribution in [0, 0.1) is 5.92 Å². The third-order valence-corrected chi connectivity index (χ3v) is 4.53. The highest BCUT2D eigenvalue weighted by Gasteiger charge is 2.33. The summed E-state index contributed by atoms with van der Waals surface area (Å²) < 4.78 is 5.27. The molecule has 2 N–H and O–H groups in total. The van der Waals surface area contributed by atoms with Gasteiger partial charge in [-0.1, -0.05) is 39.5 Å². The van der Waals surface area contributed by atoms with Gasteiger partial charge in [-0.05, 0) is 12.8 Å². The van der Waals surface area contributed by atoms with Crippen LogP contribution in [-0.4, -0.2) is 77.9 Å². The number of hydrazine groups is 1. The molecule has 156 valence electrons. The van der Waals surface area contributed by atoms with E-state index in [9.17, 15) is 19.6 Å². The lowest BCUT2D eigenvalue weighted by atomic mass is 10.00. The lowest BCUT2D eigenvalue weighted by Crippen LogP contribution is -2.57. The van der Waals surface area contributed by atoms with Crippen LogP contribution in [0.15, 0.2) is 0 Å². The number of hydrogen-bond acceptors (Lipinski definition) is 6. The van der Waals surface area contributed by atoms with Crippen molar-refractivity contribution in [3.63, 3.8) is 0 Å². The van der Waals surface area contributed by atoms with Gasteiger partial charge < -0.3 is 9.64 Å². The molecule has 0 aromatic rings. The number of hydrogen-bond donors (Lipinski definition) is 2. The highest BCUT2D eigenvalue weighted by atomic mass is 16.5. The van der Waals surface area contributed by atoms with E-state index in [2.05, 4.69) is 12.3 Å². The Hall–Kier alpha value is -1.71. The Morgan fingerprint density at radius 1 is 1.19 bits per heavy atom. The van der Waals surface area contributed by atoms with Crippen LogP contribution < -0.4 is 5.43 Å². The number of hydroxylamine groups is 2. The first-order valence-electron chi connectivity index (χ1n) is 9.90. The SMILES string of the molecule is CCCCCC(CN(O)C=O)C(=O)N(NCCCC)C(=O)N1CCOCC1. The van der Waals surface area contributed by atoms with Crippen molar-refractivity contribution in [1.29, 1.82) is 0 Å². The summed E-state index contributed by atoms with van der Waals surface area (Å²) in [7, 11) is 0. The van der Waals surface area contributed by atoms with Crippen molar-refractivity contribution >= 4 is 18.3 Å². The molecule has 0 saturated carbocycles. The van der Waals surface area contributed by atoms with E-state index >= 15 is 0 Å². The van der Waals surface area contributed by atoms with Gasteiger partial charge in [0.15, 0.2) is 0 Å². The summed E-state index contributed by atoms with van der Waals surface area (Å²) in [4.78, 5) is 38.4. The molecule has 1 atom stereocenters. The minimum atomic E-state index is -0.647. The predicted octanol–water partition coefficient (Wildman–Crippen LogP) is 1.62. The fraction of sp³-hybridized carbons (Fsp3) is 0.833. The smallest absolute Gasteiger partial charge is 0.341 e. The number of carbonyl (C=O) groups is 3. The van der Waals surface area contributed by atoms with Crippen molar-refractivity contribution in [3.05, 3.63) is 0 Å². The van der Waals surface area contributed by atoms with Crippen LogP contribution in [0.3, 0.4) is 0 Å². The number of amides is 4. The summed E-state index contributed by atoms with van der Waals surface area (Å²) in [5.41, 5.74) is 2.94. The Bertz CT molecular complexity index is 457. The maximum absolute atomic E-state index is 13.1. The van der Waals surface area contributed by atoms with Gasteiger partial charge in [-0.25, -0.2) is 15.3 Å². The summed E-state index contributed by atoms with van der Waals surface area (Å²) in [6.45, 7) is 6.19. The number of urea groups is 1. The van der Waals surface area contributed by atoms with Crippen molar-refractivity contribution in [3.8, 4) is 0 Å². The largest absolute Gasteiger partial charge is 0.378 e. The van der Waals surface area contributed by atoms with Crippen LogP contribution in [0.5, 0.6) is 0 Å². The third kappa shape index (κ3) is 8.23. The predicted molar refractivity (Wildman–Crippen MR) is 99.7 cm³/mol. The first-order chi connectivity index (χ1) is 13.0. The molecular weight excluding hydrogens is 352 g/mol. The molecule has 0 aromatic heterocycles. The van der Waals surface area contributed by atoms with Gasteiger partial charge in [0.1, 0.15) is 0 Å². The summed E-state index contributed by atoms with van der Waals surface area (Å²) in [5, 5.41) is 11.1. The van der Waals surface area contributed by atoms with Crippen LogP contribution >= 0.6 is 0 Å². The standard InChI is InChI=1S/C18H34N4O5/c1-3-5-7-8-16(14-21(26)15-23)17(24)22(19-9-6-4-2)18(25)20-10-12-27-13-11-20/h15-16,19,26H,3-14H2,1-2H3. The number of rotatable bonds is 12. The Balaban J connectivity index is 2.89. The molecule has 1 aliphatic heterocycles. The maximum atomic E-state index is 13.1. The lowest BCUT2D eigenvalue weighted by molar-refractivity contribution is -0.157. The lowest BCUT2D eigenvalue weighted by Gasteiger charge is -2.34. The zero-order valence-electron chi connectivity index (χ0n) is 16.6. The van der Waals surface area contributed by atoms with Crippen LogP contribution in [-0.2, 0) is 14.3 Å². The molecule has 1 unspecified atom stereocenters. The molecule has 0 radical (unpaired) electrons. The summed E-state index contributed by atoms with van der Waals surface area (Å²) in [6.07, 6.45) is 5.24. The Labute approximate surface area is 161 Å². The zero-order valence-corrected chi connectivity index (χ0v) is 16.6. The van der Waals surface area contributed by atoms with Gasteiger partial charge in [0.05, 0.1) is 25.7 Å². The Morgan fingerprint density at radius 3 is 2.44 bits per heavy atom. The molecule has 0 aromatic carbocycles. The van der Waals surface area contributed by atoms with Gasteiger partial charge in [-0.2, -0.15) is 5.01 Å². The van der Waals surface area contributed by atoms with Gasteiger partial charge in [0.2, 0.25) is 12.3 Å². The van der Waals surface area contributed by atoms with Crippen molar-refractivity contribution < 1.29 is 24.3 Å². The average Bonchev–Trinajstić information content (AvgIpc) is 2.70. The summed E-state index contributed by atoms with van der Waals surface area (Å²) in [6, 6.07) is -0.407. The Kier molecular flexibility index (Phi) is 11.6. The number of morpholine rings is 1. The first kappa shape index (κ1) is 23.3. The molecule has 9 heteroatoms. The molecule has 9 nitrogen and oxygen atoms in total. The normalized spacial score (nSPS) is 15.3. The molecule has 1 heterocycles. The van der Waals surface area contributed by atoms with E-state index in [0.29, 0.717) is 44.3 Å². The first-order valence-corrected chi connectivity index (χ1v) is 9.90. The fourth-order valence-corrected chi connectivity index (χ4v) is 2.89. The highest BCUT2D eigenvalue weighted by Crippen LogP contribution is 2.15. The van der Waals surface area contributed by atoms with E-state index in [1.807, 2.05) is 6.92 Å². The van der Waals surface area contributed by atoms with E-state index in [0.717, 1.165) is 37.1 Å². The van der Waals surface area contributed by atoms with Gasteiger partial charge in [-0.15, -0.1) is 0 Å². The second-order valence-electron chi connectivity index (χ2n) is 6.74. The number of nitrogens with one attached hydrogen (secondary N) is 1. The summed E-state index contributed by atoms with van der Waals surface area (Å²) in [5.74, 6) is -1.06. The molecule has 0 aliphatic carbocycles. The number of ether oxygens (including phenoxy) is 1. The van der Waals surface area contributed by atoms with Crippen molar-refractivity contribution in [2.24, 2.45) is 5.92 Å². The zero-order chi connectivity index (χ0) is 20.1. The molecule has 4 amide bonds. The van der Waals surface area contributed by atoms with Gasteiger partial charge >= 0.3 is 6.03 Å². The van der Waals surface area contributed by atoms with Gasteiger partial charge in [0, 0.05) is 19.6 Å². The van der Waals surface area contributed by atoms with Crippen molar-refractivity contribution in [2.75, 3.05) is 39.4 Å². The van der Waals surface area contributed by atoms with Crippen molar-refractivity contribution in [1.82, 2.24) is 20.4 Å². The topological polar surface area (TPSA) is 102 Å². The number of nitrogens with zero attached hydrogens (tertiary/aromatic N) is 3. The molecule has 1 aliphatic rings. The number of unbranched alkanes of at least 4 members (excludes halogenated alkanes) is 3. The molecule has 1 saturated heterocycles. The molecule has 0 bridgehead atoms. The second-order valence-corrected chi connectivity index (χ2v) is 6.74. The van der Waals surface area contributed by atoms with E-state index < -0.39 is 17.9 Å². The van der Waals surface area contributed by atoms with E-state index in [1.54, 1.807) is 4.90 Å². The van der Waals surface area contributed by atoms with E-state index in [-0.39, 0.29) is 13.0 Å². The number of imide groups is 1. The molecular formula is C18H34N4O5. The van der Waals surface area contributed by atoms with Crippen LogP contribution in [0.2, 0.25) is 0 Å². The average molecular weight is 386 g/mol. The number of carbonyl (C=O) groups excluding carboxylic acids is 3.